The Labute approximate surface area is 115 Å². The van der Waals surface area contributed by atoms with Crippen molar-refractivity contribution < 1.29 is 14.3 Å². The summed E-state index contributed by atoms with van der Waals surface area (Å²) in [4.78, 5) is 19.6. The molecule has 0 fully saturated rings. The number of hydrogen-bond acceptors (Lipinski definition) is 5. The van der Waals surface area contributed by atoms with Crippen molar-refractivity contribution in [3.8, 4) is 5.88 Å². The highest BCUT2D eigenvalue weighted by molar-refractivity contribution is 6.30. The average molecular weight is 279 g/mol. The zero-order valence-electron chi connectivity index (χ0n) is 10.2. The predicted molar refractivity (Wildman–Crippen MR) is 69.2 cm³/mol. The predicted octanol–water partition coefficient (Wildman–Crippen LogP) is 2.50. The molecule has 0 amide bonds. The molecule has 6 heteroatoms. The summed E-state index contributed by atoms with van der Waals surface area (Å²) in [5, 5.41) is 0.468. The van der Waals surface area contributed by atoms with E-state index in [9.17, 15) is 4.79 Å². The van der Waals surface area contributed by atoms with Gasteiger partial charge in [-0.3, -0.25) is 0 Å². The van der Waals surface area contributed by atoms with Crippen molar-refractivity contribution in [3.63, 3.8) is 0 Å². The van der Waals surface area contributed by atoms with E-state index < -0.39 is 5.97 Å². The first-order valence-corrected chi connectivity index (χ1v) is 5.84. The monoisotopic (exact) mass is 278 g/mol. The van der Waals surface area contributed by atoms with Crippen LogP contribution >= 0.6 is 11.6 Å². The molecule has 0 saturated carbocycles. The molecule has 98 valence electrons. The van der Waals surface area contributed by atoms with Crippen LogP contribution in [0.15, 0.2) is 36.7 Å². The highest BCUT2D eigenvalue weighted by Crippen LogP contribution is 2.10. The average Bonchev–Trinajstić information content (AvgIpc) is 2.46. The summed E-state index contributed by atoms with van der Waals surface area (Å²) in [6.45, 7) is 0.125. The fraction of sp³-hybridized carbons (Fsp3) is 0.154. The van der Waals surface area contributed by atoms with Crippen molar-refractivity contribution in [3.05, 3.63) is 52.9 Å². The molecule has 0 atom stereocenters. The highest BCUT2D eigenvalue weighted by Gasteiger charge is 2.08. The number of methoxy groups -OCH3 is 1. The van der Waals surface area contributed by atoms with Crippen molar-refractivity contribution >= 4 is 17.6 Å². The molecule has 0 radical (unpaired) electrons. The van der Waals surface area contributed by atoms with Crippen molar-refractivity contribution in [1.82, 2.24) is 9.97 Å². The summed E-state index contributed by atoms with van der Waals surface area (Å²) in [5.41, 5.74) is 0.981. The van der Waals surface area contributed by atoms with Gasteiger partial charge < -0.3 is 9.47 Å². The van der Waals surface area contributed by atoms with E-state index in [-0.39, 0.29) is 12.3 Å². The first kappa shape index (κ1) is 13.3. The lowest BCUT2D eigenvalue weighted by molar-refractivity contribution is 0.0465. The second kappa shape index (κ2) is 6.15. The minimum atomic E-state index is -0.507. The number of rotatable bonds is 4. The third kappa shape index (κ3) is 3.66. The topological polar surface area (TPSA) is 61.3 Å². The Morgan fingerprint density at radius 1 is 1.21 bits per heavy atom. The molecule has 0 saturated heterocycles. The first-order valence-electron chi connectivity index (χ1n) is 5.46. The normalized spacial score (nSPS) is 10.0. The third-order valence-corrected chi connectivity index (χ3v) is 2.54. The van der Waals surface area contributed by atoms with Crippen LogP contribution in [0.1, 0.15) is 16.1 Å². The van der Waals surface area contributed by atoms with Gasteiger partial charge in [0.2, 0.25) is 5.88 Å². The molecule has 2 aromatic rings. The molecule has 0 unspecified atom stereocenters. The largest absolute Gasteiger partial charge is 0.481 e. The van der Waals surface area contributed by atoms with Gasteiger partial charge in [0.25, 0.3) is 0 Å². The molecule has 5 nitrogen and oxygen atoms in total. The summed E-state index contributed by atoms with van der Waals surface area (Å²) in [6.07, 6.45) is 2.98. The van der Waals surface area contributed by atoms with Crippen LogP contribution in [0.2, 0.25) is 5.02 Å². The molecule has 2 aromatic heterocycles. The zero-order valence-corrected chi connectivity index (χ0v) is 10.9. The smallest absolute Gasteiger partial charge is 0.357 e. The Morgan fingerprint density at radius 2 is 2.05 bits per heavy atom. The lowest BCUT2D eigenvalue weighted by Crippen LogP contribution is -2.07. The van der Waals surface area contributed by atoms with Crippen LogP contribution in [0.5, 0.6) is 5.88 Å². The van der Waals surface area contributed by atoms with Gasteiger partial charge in [0.1, 0.15) is 12.3 Å². The summed E-state index contributed by atoms with van der Waals surface area (Å²) < 4.78 is 10.0. The van der Waals surface area contributed by atoms with Gasteiger partial charge in [0, 0.05) is 24.0 Å². The van der Waals surface area contributed by atoms with Gasteiger partial charge >= 0.3 is 5.97 Å². The van der Waals surface area contributed by atoms with E-state index in [0.717, 1.165) is 5.56 Å². The van der Waals surface area contributed by atoms with Crippen molar-refractivity contribution in [1.29, 1.82) is 0 Å². The number of carbonyl (C=O) groups excluding carboxylic acids is 1. The maximum atomic E-state index is 11.7. The quantitative estimate of drug-likeness (QED) is 0.804. The molecule has 2 rings (SSSR count). The number of hydrogen-bond donors (Lipinski definition) is 0. The lowest BCUT2D eigenvalue weighted by Gasteiger charge is -2.05. The van der Waals surface area contributed by atoms with Crippen LogP contribution in [-0.2, 0) is 11.3 Å². The number of carbonyl (C=O) groups is 1. The second-order valence-corrected chi connectivity index (χ2v) is 4.08. The first-order chi connectivity index (χ1) is 9.19. The van der Waals surface area contributed by atoms with Crippen molar-refractivity contribution in [2.45, 2.75) is 6.61 Å². The van der Waals surface area contributed by atoms with E-state index in [1.807, 2.05) is 0 Å². The summed E-state index contributed by atoms with van der Waals surface area (Å²) in [5.74, 6) is 0.00179. The number of pyridine rings is 2. The van der Waals surface area contributed by atoms with Gasteiger partial charge in [-0.05, 0) is 18.2 Å². The van der Waals surface area contributed by atoms with E-state index in [1.165, 1.54) is 19.4 Å². The Kier molecular flexibility index (Phi) is 4.30. The number of halogens is 1. The lowest BCUT2D eigenvalue weighted by atomic mass is 10.3. The van der Waals surface area contributed by atoms with E-state index >= 15 is 0 Å². The molecule has 0 aliphatic heterocycles. The van der Waals surface area contributed by atoms with Gasteiger partial charge in [-0.1, -0.05) is 11.6 Å². The molecule has 0 N–H and O–H groups in total. The van der Waals surface area contributed by atoms with Crippen LogP contribution in [0.3, 0.4) is 0 Å². The Morgan fingerprint density at radius 3 is 2.63 bits per heavy atom. The molecule has 0 aliphatic carbocycles. The molecule has 0 aromatic carbocycles. The van der Waals surface area contributed by atoms with Gasteiger partial charge in [0.05, 0.1) is 12.1 Å². The van der Waals surface area contributed by atoms with Gasteiger partial charge in [-0.25, -0.2) is 14.8 Å². The van der Waals surface area contributed by atoms with E-state index in [4.69, 9.17) is 21.1 Å². The minimum Gasteiger partial charge on any atom is -0.481 e. The second-order valence-electron chi connectivity index (χ2n) is 3.65. The van der Waals surface area contributed by atoms with Gasteiger partial charge in [-0.15, -0.1) is 0 Å². The van der Waals surface area contributed by atoms with Gasteiger partial charge in [-0.2, -0.15) is 0 Å². The van der Waals surface area contributed by atoms with Crippen LogP contribution in [0, 0.1) is 0 Å². The Hall–Kier alpha value is -2.14. The summed E-state index contributed by atoms with van der Waals surface area (Å²) >= 11 is 5.68. The number of esters is 1. The molecule has 2 heterocycles. The van der Waals surface area contributed by atoms with Crippen LogP contribution < -0.4 is 4.74 Å². The van der Waals surface area contributed by atoms with Crippen molar-refractivity contribution in [2.24, 2.45) is 0 Å². The van der Waals surface area contributed by atoms with Crippen LogP contribution in [0.25, 0.3) is 0 Å². The molecular formula is C13H11ClN2O3. The molecule has 0 bridgehead atoms. The van der Waals surface area contributed by atoms with E-state index in [0.29, 0.717) is 10.9 Å². The van der Waals surface area contributed by atoms with Gasteiger partial charge in [0.15, 0.2) is 0 Å². The van der Waals surface area contributed by atoms with E-state index in [1.54, 1.807) is 24.4 Å². The van der Waals surface area contributed by atoms with E-state index in [2.05, 4.69) is 9.97 Å². The molecule has 0 aliphatic rings. The Balaban J connectivity index is 1.94. The van der Waals surface area contributed by atoms with Crippen molar-refractivity contribution in [2.75, 3.05) is 7.11 Å². The fourth-order valence-electron chi connectivity index (χ4n) is 1.34. The SMILES string of the molecule is COc1ccc(COC(=O)c2ccc(Cl)cn2)cn1. The molecule has 0 spiro atoms. The maximum Gasteiger partial charge on any atom is 0.357 e. The van der Waals surface area contributed by atoms with Crippen LogP contribution in [0.4, 0.5) is 0 Å². The summed E-state index contributed by atoms with van der Waals surface area (Å²) in [6, 6.07) is 6.56. The fourth-order valence-corrected chi connectivity index (χ4v) is 1.45. The standard InChI is InChI=1S/C13H11ClN2O3/c1-18-12-5-2-9(6-16-12)8-19-13(17)11-4-3-10(14)7-15-11/h2-7H,8H2,1H3. The molecule has 19 heavy (non-hydrogen) atoms. The summed E-state index contributed by atoms with van der Waals surface area (Å²) in [7, 11) is 1.54. The zero-order chi connectivity index (χ0) is 13.7. The number of aromatic nitrogens is 2. The van der Waals surface area contributed by atoms with Crippen LogP contribution in [-0.4, -0.2) is 23.0 Å². The third-order valence-electron chi connectivity index (χ3n) is 2.31. The molecular weight excluding hydrogens is 268 g/mol. The Bertz CT molecular complexity index is 555. The highest BCUT2D eigenvalue weighted by atomic mass is 35.5. The number of nitrogens with zero attached hydrogens (tertiary/aromatic N) is 2. The minimum absolute atomic E-state index is 0.125. The number of ether oxygens (including phenoxy) is 2. The maximum absolute atomic E-state index is 11.7.